The number of aliphatic hydroxyl groups excluding tert-OH is 8. The standard InChI is InChI=1S/C82H135NO13/c1-3-5-7-9-11-13-15-17-19-21-23-25-27-29-30-31-32-33-34-35-36-37-38-39-40-42-44-46-48-50-52-54-56-58-60-62-64-66-74(87)83-70(69-93-81-79(92)77(90)80(73(68-85)95-81)96-82-78(91)76(89)75(88)72(67-84)94-82)71(86)65-63-61-59-57-55-53-51-49-47-45-43-41-28-26-24-22-20-18-16-14-12-10-8-6-4-2/h5,7,11,13,17,19,23,25,29-30,32-33,35-36,38-39,42,44,47-50,55,57,63,65,70-73,75-82,84-86,88-92H,3-4,6,8-10,12,14-16,18,20-22,24,26-28,31,34,37,40-41,43,45-46,51-54,56,58-62,64,66-69H2,1-2H3,(H,83,87)/b7-5-,13-11-,19-17-,25-23-,30-29-,33-32-,36-35-,39-38-,44-42-,49-47+,50-48-,57-55+,65-63+. The molecule has 0 aromatic carbocycles. The number of unbranched alkanes of at least 4 members (excludes halogenated alkanes) is 23. The van der Waals surface area contributed by atoms with Gasteiger partial charge in [-0.15, -0.1) is 0 Å². The largest absolute Gasteiger partial charge is 0.394 e. The summed E-state index contributed by atoms with van der Waals surface area (Å²) in [7, 11) is 0. The highest BCUT2D eigenvalue weighted by molar-refractivity contribution is 5.76. The SMILES string of the molecule is CC/C=C\C/C=C\C/C=C\C/C=C\C/C=C\C/C=C\C/C=C\C/C=C\C/C=C\C/C=C\CCCCCCCCC(=O)NC(COC1OC(CO)C(OC2OC(CO)C(O)C(O)C2O)C(O)C1O)C(O)/C=C/CC/C=C/CC/C=C/CCCCCCCCCCCCCCCCC. The number of aliphatic hydroxyl groups is 8. The monoisotopic (exact) mass is 1340 g/mol. The molecule has 0 aromatic heterocycles. The van der Waals surface area contributed by atoms with Gasteiger partial charge in [0.1, 0.15) is 48.8 Å². The number of hydrogen-bond acceptors (Lipinski definition) is 13. The van der Waals surface area contributed by atoms with Gasteiger partial charge in [0, 0.05) is 6.42 Å². The summed E-state index contributed by atoms with van der Waals surface area (Å²) >= 11 is 0. The molecule has 2 rings (SSSR count). The molecule has 9 N–H and O–H groups in total. The minimum atomic E-state index is -1.80. The first-order valence-corrected chi connectivity index (χ1v) is 37.7. The molecule has 0 spiro atoms. The number of carbonyl (C=O) groups excluding carboxylic acids is 1. The third kappa shape index (κ3) is 46.8. The Morgan fingerprint density at radius 1 is 0.385 bits per heavy atom. The normalized spacial score (nSPS) is 23.2. The summed E-state index contributed by atoms with van der Waals surface area (Å²) in [6.07, 6.45) is 81.5. The molecule has 96 heavy (non-hydrogen) atoms. The molecule has 0 bridgehead atoms. The lowest BCUT2D eigenvalue weighted by molar-refractivity contribution is -0.359. The van der Waals surface area contributed by atoms with Crippen LogP contribution in [-0.2, 0) is 23.7 Å². The highest BCUT2D eigenvalue weighted by Crippen LogP contribution is 2.30. The van der Waals surface area contributed by atoms with Crippen molar-refractivity contribution in [2.24, 2.45) is 0 Å². The molecule has 14 heteroatoms. The maximum atomic E-state index is 13.4. The number of amides is 1. The van der Waals surface area contributed by atoms with Crippen molar-refractivity contribution >= 4 is 5.91 Å². The van der Waals surface area contributed by atoms with Crippen LogP contribution < -0.4 is 5.32 Å². The van der Waals surface area contributed by atoms with E-state index in [0.717, 1.165) is 128 Å². The third-order valence-corrected chi connectivity index (χ3v) is 17.2. The van der Waals surface area contributed by atoms with Crippen LogP contribution >= 0.6 is 0 Å². The van der Waals surface area contributed by atoms with E-state index in [1.807, 2.05) is 6.08 Å². The second-order valence-electron chi connectivity index (χ2n) is 25.7. The van der Waals surface area contributed by atoms with E-state index in [4.69, 9.17) is 18.9 Å². The Hall–Kier alpha value is -4.39. The summed E-state index contributed by atoms with van der Waals surface area (Å²) in [6, 6.07) is -0.960. The Balaban J connectivity index is 1.69. The second kappa shape index (κ2) is 64.0. The Kier molecular flexibility index (Phi) is 58.5. The van der Waals surface area contributed by atoms with Crippen LogP contribution in [0.5, 0.6) is 0 Å². The molecule has 2 fully saturated rings. The minimum absolute atomic E-state index is 0.242. The predicted molar refractivity (Wildman–Crippen MR) is 396 cm³/mol. The van der Waals surface area contributed by atoms with Crippen LogP contribution in [0.2, 0.25) is 0 Å². The van der Waals surface area contributed by atoms with Gasteiger partial charge in [-0.3, -0.25) is 4.79 Å². The first kappa shape index (κ1) is 87.7. The number of hydrogen-bond donors (Lipinski definition) is 9. The third-order valence-electron chi connectivity index (χ3n) is 17.2. The number of allylic oxidation sites excluding steroid dienone is 25. The van der Waals surface area contributed by atoms with Gasteiger partial charge in [0.05, 0.1) is 32.0 Å². The van der Waals surface area contributed by atoms with Crippen LogP contribution in [0.15, 0.2) is 158 Å². The van der Waals surface area contributed by atoms with Gasteiger partial charge in [-0.25, -0.2) is 0 Å². The van der Waals surface area contributed by atoms with Crippen molar-refractivity contribution in [3.63, 3.8) is 0 Å². The smallest absolute Gasteiger partial charge is 0.220 e. The first-order chi connectivity index (χ1) is 47.1. The first-order valence-electron chi connectivity index (χ1n) is 37.7. The molecule has 2 aliphatic heterocycles. The lowest BCUT2D eigenvalue weighted by Crippen LogP contribution is -2.65. The second-order valence-corrected chi connectivity index (χ2v) is 25.7. The summed E-state index contributed by atoms with van der Waals surface area (Å²) in [4.78, 5) is 13.4. The van der Waals surface area contributed by atoms with Crippen LogP contribution in [0, 0.1) is 0 Å². The molecule has 2 heterocycles. The highest BCUT2D eigenvalue weighted by atomic mass is 16.7. The van der Waals surface area contributed by atoms with Crippen LogP contribution in [-0.4, -0.2) is 140 Å². The van der Waals surface area contributed by atoms with Crippen molar-refractivity contribution in [1.82, 2.24) is 5.32 Å². The molecule has 0 aromatic rings. The molecule has 1 amide bonds. The summed E-state index contributed by atoms with van der Waals surface area (Å²) < 4.78 is 22.8. The van der Waals surface area contributed by atoms with E-state index in [9.17, 15) is 45.6 Å². The van der Waals surface area contributed by atoms with Crippen molar-refractivity contribution in [3.8, 4) is 0 Å². The van der Waals surface area contributed by atoms with Gasteiger partial charge in [0.2, 0.25) is 5.91 Å². The van der Waals surface area contributed by atoms with E-state index in [2.05, 4.69) is 165 Å². The predicted octanol–water partition coefficient (Wildman–Crippen LogP) is 16.6. The highest BCUT2D eigenvalue weighted by Gasteiger charge is 2.51. The topological polar surface area (TPSA) is 228 Å². The Bertz CT molecular complexity index is 2220. The van der Waals surface area contributed by atoms with Crippen LogP contribution in [0.4, 0.5) is 0 Å². The minimum Gasteiger partial charge on any atom is -0.394 e. The average molecular weight is 1340 g/mol. The zero-order chi connectivity index (χ0) is 69.4. The van der Waals surface area contributed by atoms with Crippen molar-refractivity contribution in [2.75, 3.05) is 19.8 Å². The number of ether oxygens (including phenoxy) is 4. The van der Waals surface area contributed by atoms with E-state index in [-0.39, 0.29) is 18.9 Å². The number of carbonyl (C=O) groups is 1. The lowest BCUT2D eigenvalue weighted by Gasteiger charge is -2.46. The van der Waals surface area contributed by atoms with Crippen molar-refractivity contribution in [3.05, 3.63) is 158 Å². The molecular weight excluding hydrogens is 1210 g/mol. The molecule has 0 aliphatic carbocycles. The Labute approximate surface area is 582 Å². The molecule has 12 atom stereocenters. The maximum Gasteiger partial charge on any atom is 0.220 e. The Morgan fingerprint density at radius 2 is 0.729 bits per heavy atom. The molecule has 2 aliphatic rings. The molecule has 0 radical (unpaired) electrons. The van der Waals surface area contributed by atoms with Gasteiger partial charge in [-0.1, -0.05) is 287 Å². The summed E-state index contributed by atoms with van der Waals surface area (Å²) in [5, 5.41) is 87.5. The zero-order valence-electron chi connectivity index (χ0n) is 59.5. The quantitative estimate of drug-likeness (QED) is 0.0204. The van der Waals surface area contributed by atoms with Crippen molar-refractivity contribution in [1.29, 1.82) is 0 Å². The van der Waals surface area contributed by atoms with E-state index >= 15 is 0 Å². The fraction of sp³-hybridized carbons (Fsp3) is 0.671. The fourth-order valence-electron chi connectivity index (χ4n) is 11.2. The van der Waals surface area contributed by atoms with Gasteiger partial charge >= 0.3 is 0 Å². The molecule has 14 nitrogen and oxygen atoms in total. The van der Waals surface area contributed by atoms with Gasteiger partial charge < -0.3 is 65.1 Å². The summed E-state index contributed by atoms with van der Waals surface area (Å²) in [5.41, 5.74) is 0. The van der Waals surface area contributed by atoms with Gasteiger partial charge in [0.25, 0.3) is 0 Å². The van der Waals surface area contributed by atoms with Crippen LogP contribution in [0.25, 0.3) is 0 Å². The number of rotatable bonds is 60. The lowest BCUT2D eigenvalue weighted by atomic mass is 9.97. The molecular formula is C82H135NO13. The van der Waals surface area contributed by atoms with Crippen LogP contribution in [0.1, 0.15) is 258 Å². The number of nitrogens with one attached hydrogen (secondary N) is 1. The van der Waals surface area contributed by atoms with E-state index in [1.54, 1.807) is 6.08 Å². The zero-order valence-corrected chi connectivity index (χ0v) is 59.5. The van der Waals surface area contributed by atoms with Crippen molar-refractivity contribution < 1.29 is 64.6 Å². The molecule has 12 unspecified atom stereocenters. The van der Waals surface area contributed by atoms with Gasteiger partial charge in [-0.05, 0) is 122 Å². The van der Waals surface area contributed by atoms with Crippen LogP contribution in [0.3, 0.4) is 0 Å². The molecule has 2 saturated heterocycles. The molecule has 546 valence electrons. The Morgan fingerprint density at radius 3 is 1.15 bits per heavy atom. The van der Waals surface area contributed by atoms with E-state index in [0.29, 0.717) is 12.8 Å². The van der Waals surface area contributed by atoms with Gasteiger partial charge in [-0.2, -0.15) is 0 Å². The van der Waals surface area contributed by atoms with E-state index < -0.39 is 86.8 Å². The summed E-state index contributed by atoms with van der Waals surface area (Å²) in [6.45, 7) is 2.66. The van der Waals surface area contributed by atoms with E-state index in [1.165, 1.54) is 96.3 Å². The summed E-state index contributed by atoms with van der Waals surface area (Å²) in [5.74, 6) is -0.273. The fourth-order valence-corrected chi connectivity index (χ4v) is 11.2. The molecule has 0 saturated carbocycles. The van der Waals surface area contributed by atoms with Crippen molar-refractivity contribution in [2.45, 2.75) is 331 Å². The van der Waals surface area contributed by atoms with Gasteiger partial charge in [0.15, 0.2) is 12.6 Å². The average Bonchev–Trinajstić information content (AvgIpc) is 0.857. The maximum absolute atomic E-state index is 13.4.